The molecule has 2 rings (SSSR count). The number of ether oxygens (including phenoxy) is 1. The molecule has 0 aliphatic rings. The minimum atomic E-state index is -0.401. The highest BCUT2D eigenvalue weighted by Gasteiger charge is 2.04. The van der Waals surface area contributed by atoms with Gasteiger partial charge in [-0.25, -0.2) is 0 Å². The monoisotopic (exact) mass is 321 g/mol. The first kappa shape index (κ1) is 13.5. The number of non-ortho nitro benzene ring substituents is 1. The van der Waals surface area contributed by atoms with E-state index in [-0.39, 0.29) is 5.69 Å². The smallest absolute Gasteiger partial charge is 0.269 e. The van der Waals surface area contributed by atoms with Gasteiger partial charge in [0.1, 0.15) is 5.75 Å². The van der Waals surface area contributed by atoms with Crippen LogP contribution in [-0.4, -0.2) is 11.5 Å². The molecule has 5 heteroatoms. The fourth-order valence-corrected chi connectivity index (χ4v) is 2.02. The Morgan fingerprint density at radius 3 is 2.42 bits per heavy atom. The van der Waals surface area contributed by atoms with E-state index >= 15 is 0 Å². The third-order valence-corrected chi connectivity index (χ3v) is 3.29. The van der Waals surface area contributed by atoms with Crippen molar-refractivity contribution in [1.29, 1.82) is 0 Å². The lowest BCUT2D eigenvalue weighted by molar-refractivity contribution is -0.384. The molecule has 0 fully saturated rings. The van der Waals surface area contributed by atoms with Crippen LogP contribution >= 0.6 is 15.9 Å². The summed E-state index contributed by atoms with van der Waals surface area (Å²) in [6, 6.07) is 14.2. The summed E-state index contributed by atoms with van der Waals surface area (Å²) in [7, 11) is 0. The lowest BCUT2D eigenvalue weighted by Gasteiger charge is -2.07. The maximum absolute atomic E-state index is 10.5. The van der Waals surface area contributed by atoms with Crippen LogP contribution < -0.4 is 4.74 Å². The van der Waals surface area contributed by atoms with E-state index in [4.69, 9.17) is 4.74 Å². The standard InChI is InChI=1S/C14H12BrNO3/c15-13-3-1-2-4-14(13)19-10-9-11-5-7-12(8-6-11)16(17)18/h1-8H,9-10H2. The van der Waals surface area contributed by atoms with E-state index in [1.165, 1.54) is 12.1 Å². The normalized spacial score (nSPS) is 10.2. The van der Waals surface area contributed by atoms with Crippen molar-refractivity contribution in [2.75, 3.05) is 6.61 Å². The molecule has 0 saturated carbocycles. The number of nitrogens with zero attached hydrogens (tertiary/aromatic N) is 1. The fraction of sp³-hybridized carbons (Fsp3) is 0.143. The third kappa shape index (κ3) is 3.79. The Labute approximate surface area is 119 Å². The van der Waals surface area contributed by atoms with Gasteiger partial charge in [-0.1, -0.05) is 24.3 Å². The molecule has 2 aromatic rings. The van der Waals surface area contributed by atoms with Gasteiger partial charge in [-0.2, -0.15) is 0 Å². The van der Waals surface area contributed by atoms with Crippen LogP contribution in [0.1, 0.15) is 5.56 Å². The van der Waals surface area contributed by atoms with Gasteiger partial charge in [0.25, 0.3) is 5.69 Å². The van der Waals surface area contributed by atoms with Crippen LogP contribution in [0.5, 0.6) is 5.75 Å². The Kier molecular flexibility index (Phi) is 4.52. The number of para-hydroxylation sites is 1. The molecule has 0 aromatic heterocycles. The number of nitro benzene ring substituents is 1. The summed E-state index contributed by atoms with van der Waals surface area (Å²) >= 11 is 3.41. The van der Waals surface area contributed by atoms with Gasteiger partial charge in [-0.15, -0.1) is 0 Å². The van der Waals surface area contributed by atoms with Crippen molar-refractivity contribution in [3.63, 3.8) is 0 Å². The van der Waals surface area contributed by atoms with Crippen molar-refractivity contribution in [2.45, 2.75) is 6.42 Å². The Hall–Kier alpha value is -1.88. The molecule has 0 N–H and O–H groups in total. The van der Waals surface area contributed by atoms with Crippen molar-refractivity contribution in [1.82, 2.24) is 0 Å². The lowest BCUT2D eigenvalue weighted by Crippen LogP contribution is -2.01. The van der Waals surface area contributed by atoms with Gasteiger partial charge in [0.15, 0.2) is 0 Å². The second kappa shape index (κ2) is 6.33. The van der Waals surface area contributed by atoms with Crippen LogP contribution in [0, 0.1) is 10.1 Å². The molecular weight excluding hydrogens is 310 g/mol. The Morgan fingerprint density at radius 1 is 1.11 bits per heavy atom. The van der Waals surface area contributed by atoms with Crippen LogP contribution in [-0.2, 0) is 6.42 Å². The first-order valence-corrected chi connectivity index (χ1v) is 6.57. The highest BCUT2D eigenvalue weighted by atomic mass is 79.9. The van der Waals surface area contributed by atoms with Crippen molar-refractivity contribution in [2.24, 2.45) is 0 Å². The minimum absolute atomic E-state index is 0.107. The molecule has 0 saturated heterocycles. The highest BCUT2D eigenvalue weighted by Crippen LogP contribution is 2.23. The lowest BCUT2D eigenvalue weighted by atomic mass is 10.1. The second-order valence-corrected chi connectivity index (χ2v) is 4.81. The van der Waals surface area contributed by atoms with Gasteiger partial charge in [0, 0.05) is 18.6 Å². The van der Waals surface area contributed by atoms with Crippen LogP contribution in [0.25, 0.3) is 0 Å². The summed E-state index contributed by atoms with van der Waals surface area (Å²) in [6.45, 7) is 0.528. The van der Waals surface area contributed by atoms with Crippen LogP contribution in [0.15, 0.2) is 53.0 Å². The maximum Gasteiger partial charge on any atom is 0.269 e. The first-order valence-electron chi connectivity index (χ1n) is 5.77. The van der Waals surface area contributed by atoms with Gasteiger partial charge in [0.05, 0.1) is 16.0 Å². The zero-order chi connectivity index (χ0) is 13.7. The molecule has 19 heavy (non-hydrogen) atoms. The SMILES string of the molecule is O=[N+]([O-])c1ccc(CCOc2ccccc2Br)cc1. The van der Waals surface area contributed by atoms with E-state index in [1.54, 1.807) is 12.1 Å². The number of nitro groups is 1. The number of benzene rings is 2. The second-order valence-electron chi connectivity index (χ2n) is 3.95. The van der Waals surface area contributed by atoms with Gasteiger partial charge in [-0.3, -0.25) is 10.1 Å². The summed E-state index contributed by atoms with van der Waals surface area (Å²) in [5.74, 6) is 0.796. The maximum atomic E-state index is 10.5. The van der Waals surface area contributed by atoms with E-state index in [1.807, 2.05) is 24.3 Å². The summed E-state index contributed by atoms with van der Waals surface area (Å²) in [4.78, 5) is 10.1. The summed E-state index contributed by atoms with van der Waals surface area (Å²) in [5, 5.41) is 10.5. The number of hydrogen-bond donors (Lipinski definition) is 0. The van der Waals surface area contributed by atoms with Gasteiger partial charge in [0.2, 0.25) is 0 Å². The van der Waals surface area contributed by atoms with E-state index in [0.717, 1.165) is 15.8 Å². The molecule has 0 atom stereocenters. The Bertz CT molecular complexity index is 569. The predicted molar refractivity (Wildman–Crippen MR) is 76.4 cm³/mol. The van der Waals surface area contributed by atoms with E-state index in [9.17, 15) is 10.1 Å². The topological polar surface area (TPSA) is 52.4 Å². The average molecular weight is 322 g/mol. The minimum Gasteiger partial charge on any atom is -0.492 e. The molecule has 4 nitrogen and oxygen atoms in total. The zero-order valence-corrected chi connectivity index (χ0v) is 11.7. The van der Waals surface area contributed by atoms with Crippen molar-refractivity contribution in [3.05, 3.63) is 68.7 Å². The average Bonchev–Trinajstić information content (AvgIpc) is 2.41. The molecule has 0 radical (unpaired) electrons. The highest BCUT2D eigenvalue weighted by molar-refractivity contribution is 9.10. The van der Waals surface area contributed by atoms with Crippen molar-refractivity contribution < 1.29 is 9.66 Å². The van der Waals surface area contributed by atoms with Gasteiger partial charge in [-0.05, 0) is 33.6 Å². The quantitative estimate of drug-likeness (QED) is 0.618. The van der Waals surface area contributed by atoms with Crippen molar-refractivity contribution >= 4 is 21.6 Å². The summed E-state index contributed by atoms with van der Waals surface area (Å²) in [5.41, 5.74) is 1.12. The summed E-state index contributed by atoms with van der Waals surface area (Å²) < 4.78 is 6.55. The number of hydrogen-bond acceptors (Lipinski definition) is 3. The third-order valence-electron chi connectivity index (χ3n) is 2.63. The largest absolute Gasteiger partial charge is 0.492 e. The zero-order valence-electron chi connectivity index (χ0n) is 10.1. The first-order chi connectivity index (χ1) is 9.16. The van der Waals surface area contributed by atoms with E-state index in [0.29, 0.717) is 13.0 Å². The molecule has 0 aliphatic heterocycles. The molecule has 0 spiro atoms. The summed E-state index contributed by atoms with van der Waals surface area (Å²) in [6.07, 6.45) is 0.708. The molecule has 0 heterocycles. The van der Waals surface area contributed by atoms with Crippen LogP contribution in [0.3, 0.4) is 0 Å². The molecule has 0 aliphatic carbocycles. The fourth-order valence-electron chi connectivity index (χ4n) is 1.62. The van der Waals surface area contributed by atoms with Gasteiger partial charge < -0.3 is 4.74 Å². The van der Waals surface area contributed by atoms with E-state index in [2.05, 4.69) is 15.9 Å². The number of halogens is 1. The van der Waals surface area contributed by atoms with Gasteiger partial charge >= 0.3 is 0 Å². The Balaban J connectivity index is 1.89. The molecule has 2 aromatic carbocycles. The number of rotatable bonds is 5. The molecule has 0 bridgehead atoms. The molecule has 98 valence electrons. The van der Waals surface area contributed by atoms with E-state index < -0.39 is 4.92 Å². The van der Waals surface area contributed by atoms with Crippen LogP contribution in [0.4, 0.5) is 5.69 Å². The molecular formula is C14H12BrNO3. The molecule has 0 unspecified atom stereocenters. The van der Waals surface area contributed by atoms with Crippen molar-refractivity contribution in [3.8, 4) is 5.75 Å². The Morgan fingerprint density at radius 2 is 1.79 bits per heavy atom. The van der Waals surface area contributed by atoms with Crippen LogP contribution in [0.2, 0.25) is 0 Å². The predicted octanol–water partition coefficient (Wildman–Crippen LogP) is 3.98. The molecule has 0 amide bonds.